The highest BCUT2D eigenvalue weighted by Crippen LogP contribution is 2.17. The van der Waals surface area contributed by atoms with Crippen molar-refractivity contribution in [1.82, 2.24) is 0 Å². The van der Waals surface area contributed by atoms with Gasteiger partial charge in [-0.1, -0.05) is 19.1 Å². The molecule has 1 atom stereocenters. The van der Waals surface area contributed by atoms with Gasteiger partial charge in [-0.2, -0.15) is 0 Å². The van der Waals surface area contributed by atoms with E-state index in [1.54, 1.807) is 13.0 Å². The number of para-hydroxylation sites is 1. The van der Waals surface area contributed by atoms with Gasteiger partial charge in [0.1, 0.15) is 6.29 Å². The Kier molecular flexibility index (Phi) is 4.64. The van der Waals surface area contributed by atoms with Gasteiger partial charge in [-0.3, -0.25) is 4.79 Å². The number of benzene rings is 1. The van der Waals surface area contributed by atoms with Gasteiger partial charge in [-0.15, -0.1) is 0 Å². The van der Waals surface area contributed by atoms with Crippen molar-refractivity contribution in [3.63, 3.8) is 0 Å². The number of halogens is 1. The van der Waals surface area contributed by atoms with Crippen LogP contribution in [0.5, 0.6) is 5.75 Å². The molecule has 0 saturated carbocycles. The topological polar surface area (TPSA) is 43.4 Å². The van der Waals surface area contributed by atoms with Crippen molar-refractivity contribution in [2.45, 2.75) is 19.8 Å². The van der Waals surface area contributed by atoms with E-state index in [0.717, 1.165) is 6.29 Å². The van der Waals surface area contributed by atoms with E-state index in [9.17, 15) is 14.0 Å². The normalized spacial score (nSPS) is 11.9. The van der Waals surface area contributed by atoms with Crippen LogP contribution in [-0.2, 0) is 9.59 Å². The first-order chi connectivity index (χ1) is 7.63. The van der Waals surface area contributed by atoms with Crippen LogP contribution in [-0.4, -0.2) is 12.3 Å². The van der Waals surface area contributed by atoms with E-state index in [0.29, 0.717) is 6.42 Å². The first kappa shape index (κ1) is 12.4. The van der Waals surface area contributed by atoms with Crippen molar-refractivity contribution in [3.05, 3.63) is 30.1 Å². The van der Waals surface area contributed by atoms with E-state index in [2.05, 4.69) is 0 Å². The lowest BCUT2D eigenvalue weighted by atomic mass is 10.1. The van der Waals surface area contributed by atoms with Crippen LogP contribution < -0.4 is 4.74 Å². The van der Waals surface area contributed by atoms with Gasteiger partial charge in [0.2, 0.25) is 0 Å². The van der Waals surface area contributed by atoms with Crippen molar-refractivity contribution < 1.29 is 18.7 Å². The van der Waals surface area contributed by atoms with E-state index in [-0.39, 0.29) is 18.1 Å². The molecular weight excluding hydrogens is 211 g/mol. The van der Waals surface area contributed by atoms with Gasteiger partial charge in [0.05, 0.1) is 0 Å². The van der Waals surface area contributed by atoms with E-state index >= 15 is 0 Å². The monoisotopic (exact) mass is 224 g/mol. The van der Waals surface area contributed by atoms with Gasteiger partial charge in [0.25, 0.3) is 0 Å². The predicted molar refractivity (Wildman–Crippen MR) is 56.5 cm³/mol. The summed E-state index contributed by atoms with van der Waals surface area (Å²) >= 11 is 0. The Morgan fingerprint density at radius 1 is 1.50 bits per heavy atom. The standard InChI is InChI=1S/C12H13FO3/c1-9(6-7-14)8-12(15)16-11-5-3-2-4-10(11)13/h2-5,7,9H,6,8H2,1H3. The Morgan fingerprint density at radius 3 is 2.81 bits per heavy atom. The molecule has 3 nitrogen and oxygen atoms in total. The van der Waals surface area contributed by atoms with Crippen molar-refractivity contribution >= 4 is 12.3 Å². The maximum Gasteiger partial charge on any atom is 0.311 e. The summed E-state index contributed by atoms with van der Waals surface area (Å²) < 4.78 is 17.9. The Hall–Kier alpha value is -1.71. The number of aldehydes is 1. The second-order valence-electron chi connectivity index (χ2n) is 3.62. The summed E-state index contributed by atoms with van der Waals surface area (Å²) in [4.78, 5) is 21.5. The largest absolute Gasteiger partial charge is 0.423 e. The fourth-order valence-corrected chi connectivity index (χ4v) is 1.22. The Balaban J connectivity index is 2.52. The third-order valence-corrected chi connectivity index (χ3v) is 2.07. The summed E-state index contributed by atoms with van der Waals surface area (Å²) in [5.74, 6) is -1.26. The minimum absolute atomic E-state index is 0.0780. The molecule has 0 bridgehead atoms. The smallest absolute Gasteiger partial charge is 0.311 e. The fourth-order valence-electron chi connectivity index (χ4n) is 1.22. The first-order valence-electron chi connectivity index (χ1n) is 5.02. The molecule has 0 spiro atoms. The van der Waals surface area contributed by atoms with Crippen molar-refractivity contribution in [2.24, 2.45) is 5.92 Å². The molecule has 0 aliphatic rings. The fraction of sp³-hybridized carbons (Fsp3) is 0.333. The van der Waals surface area contributed by atoms with Crippen LogP contribution in [0.1, 0.15) is 19.8 Å². The molecule has 4 heteroatoms. The molecule has 0 aromatic heterocycles. The number of ether oxygens (including phenoxy) is 1. The van der Waals surface area contributed by atoms with Crippen molar-refractivity contribution in [2.75, 3.05) is 0 Å². The van der Waals surface area contributed by atoms with Crippen LogP contribution in [0.15, 0.2) is 24.3 Å². The highest BCUT2D eigenvalue weighted by atomic mass is 19.1. The summed E-state index contributed by atoms with van der Waals surface area (Å²) in [7, 11) is 0. The zero-order valence-electron chi connectivity index (χ0n) is 8.98. The predicted octanol–water partition coefficient (Wildman–Crippen LogP) is 2.35. The number of hydrogen-bond donors (Lipinski definition) is 0. The van der Waals surface area contributed by atoms with Gasteiger partial charge < -0.3 is 9.53 Å². The van der Waals surface area contributed by atoms with Crippen LogP contribution in [0, 0.1) is 11.7 Å². The van der Waals surface area contributed by atoms with Gasteiger partial charge in [0, 0.05) is 12.8 Å². The SMILES string of the molecule is CC(CC=O)CC(=O)Oc1ccccc1F. The highest BCUT2D eigenvalue weighted by Gasteiger charge is 2.12. The average molecular weight is 224 g/mol. The second kappa shape index (κ2) is 6.00. The number of carbonyl (C=O) groups is 2. The third-order valence-electron chi connectivity index (χ3n) is 2.07. The summed E-state index contributed by atoms with van der Waals surface area (Å²) in [6.45, 7) is 1.76. The zero-order chi connectivity index (χ0) is 12.0. The lowest BCUT2D eigenvalue weighted by molar-refractivity contribution is -0.135. The highest BCUT2D eigenvalue weighted by molar-refractivity contribution is 5.73. The molecule has 0 aliphatic carbocycles. The minimum atomic E-state index is -0.570. The molecule has 1 unspecified atom stereocenters. The third kappa shape index (κ3) is 3.81. The van der Waals surface area contributed by atoms with E-state index < -0.39 is 11.8 Å². The summed E-state index contributed by atoms with van der Waals surface area (Å²) in [5, 5.41) is 0. The summed E-state index contributed by atoms with van der Waals surface area (Å²) in [5.41, 5.74) is 0. The second-order valence-corrected chi connectivity index (χ2v) is 3.62. The molecule has 1 aromatic carbocycles. The number of carbonyl (C=O) groups excluding carboxylic acids is 2. The van der Waals surface area contributed by atoms with Crippen LogP contribution in [0.3, 0.4) is 0 Å². The molecule has 0 amide bonds. The molecule has 1 aromatic rings. The number of esters is 1. The maximum absolute atomic E-state index is 13.1. The molecule has 0 N–H and O–H groups in total. The number of hydrogen-bond acceptors (Lipinski definition) is 3. The minimum Gasteiger partial charge on any atom is -0.423 e. The quantitative estimate of drug-likeness (QED) is 0.438. The molecule has 0 heterocycles. The van der Waals surface area contributed by atoms with Gasteiger partial charge in [-0.05, 0) is 18.1 Å². The van der Waals surface area contributed by atoms with Crippen LogP contribution in [0.2, 0.25) is 0 Å². The van der Waals surface area contributed by atoms with Gasteiger partial charge in [0.15, 0.2) is 11.6 Å². The molecular formula is C12H13FO3. The number of rotatable bonds is 5. The lowest BCUT2D eigenvalue weighted by Crippen LogP contribution is -2.13. The van der Waals surface area contributed by atoms with Crippen molar-refractivity contribution in [3.8, 4) is 5.75 Å². The molecule has 0 fully saturated rings. The Bertz CT molecular complexity index is 376. The van der Waals surface area contributed by atoms with E-state index in [1.165, 1.54) is 18.2 Å². The molecule has 0 aliphatic heterocycles. The zero-order valence-corrected chi connectivity index (χ0v) is 8.98. The average Bonchev–Trinajstić information content (AvgIpc) is 2.21. The van der Waals surface area contributed by atoms with Crippen LogP contribution >= 0.6 is 0 Å². The lowest BCUT2D eigenvalue weighted by Gasteiger charge is -2.08. The summed E-state index contributed by atoms with van der Waals surface area (Å²) in [6.07, 6.45) is 1.15. The Morgan fingerprint density at radius 2 is 2.19 bits per heavy atom. The van der Waals surface area contributed by atoms with E-state index in [1.807, 2.05) is 0 Å². The molecule has 0 radical (unpaired) electrons. The molecule has 16 heavy (non-hydrogen) atoms. The summed E-state index contributed by atoms with van der Waals surface area (Å²) in [6, 6.07) is 5.71. The molecule has 86 valence electrons. The first-order valence-corrected chi connectivity index (χ1v) is 5.02. The van der Waals surface area contributed by atoms with Gasteiger partial charge in [-0.25, -0.2) is 4.39 Å². The van der Waals surface area contributed by atoms with Crippen molar-refractivity contribution in [1.29, 1.82) is 0 Å². The van der Waals surface area contributed by atoms with E-state index in [4.69, 9.17) is 4.74 Å². The maximum atomic E-state index is 13.1. The van der Waals surface area contributed by atoms with Gasteiger partial charge >= 0.3 is 5.97 Å². The Labute approximate surface area is 93.2 Å². The van der Waals surface area contributed by atoms with Crippen LogP contribution in [0.4, 0.5) is 4.39 Å². The molecule has 0 saturated heterocycles. The molecule has 1 rings (SSSR count). The van der Waals surface area contributed by atoms with Crippen LogP contribution in [0.25, 0.3) is 0 Å².